The highest BCUT2D eigenvalue weighted by Gasteiger charge is 2.16. The zero-order valence-corrected chi connectivity index (χ0v) is 20.2. The molecule has 1 amide bonds. The molecule has 0 fully saturated rings. The number of rotatable bonds is 9. The monoisotopic (exact) mass is 510 g/mol. The number of hydrogen-bond acceptors (Lipinski definition) is 4. The highest BCUT2D eigenvalue weighted by Crippen LogP contribution is 2.19. The third kappa shape index (κ3) is 11.2. The third-order valence-corrected chi connectivity index (χ3v) is 5.78. The van der Waals surface area contributed by atoms with E-state index >= 15 is 0 Å². The number of halogens is 1. The van der Waals surface area contributed by atoms with Crippen molar-refractivity contribution in [3.63, 3.8) is 0 Å². The van der Waals surface area contributed by atoms with Crippen LogP contribution in [-0.2, 0) is 4.79 Å². The second-order valence-corrected chi connectivity index (χ2v) is 9.04. The van der Waals surface area contributed by atoms with Gasteiger partial charge in [0, 0.05) is 42.6 Å². The van der Waals surface area contributed by atoms with Crippen LogP contribution >= 0.6 is 47.5 Å². The maximum atomic E-state index is 11.8. The molecule has 0 saturated carbocycles. The number of hydrogen-bond donors (Lipinski definition) is 2. The predicted molar refractivity (Wildman–Crippen MR) is 127 cm³/mol. The summed E-state index contributed by atoms with van der Waals surface area (Å²) in [4.78, 5) is 19.0. The van der Waals surface area contributed by atoms with Crippen LogP contribution in [0.2, 0.25) is 0 Å². The lowest BCUT2D eigenvalue weighted by molar-refractivity contribution is -0.127. The van der Waals surface area contributed by atoms with Crippen LogP contribution in [-0.4, -0.2) is 67.3 Å². The molecule has 0 spiro atoms. The number of benzene rings is 1. The number of aliphatic imine (C=N–C) groups is 1. The fourth-order valence-corrected chi connectivity index (χ4v) is 2.69. The summed E-state index contributed by atoms with van der Waals surface area (Å²) in [7, 11) is 3.48. The van der Waals surface area contributed by atoms with E-state index in [1.165, 1.54) is 4.90 Å². The molecule has 0 aliphatic carbocycles. The lowest BCUT2D eigenvalue weighted by atomic mass is 10.2. The summed E-state index contributed by atoms with van der Waals surface area (Å²) in [5.74, 6) is 1.60. The van der Waals surface area contributed by atoms with Gasteiger partial charge in [0.1, 0.15) is 6.54 Å². The number of amides is 1. The van der Waals surface area contributed by atoms with Gasteiger partial charge >= 0.3 is 0 Å². The maximum absolute atomic E-state index is 11.8. The smallest absolute Gasteiger partial charge is 0.243 e. The van der Waals surface area contributed by atoms with Crippen molar-refractivity contribution in [1.82, 2.24) is 15.5 Å². The van der Waals surface area contributed by atoms with Crippen LogP contribution in [0, 0.1) is 0 Å². The predicted octanol–water partition coefficient (Wildman–Crippen LogP) is 3.16. The molecule has 0 heterocycles. The number of nitrogens with one attached hydrogen (secondary N) is 2. The van der Waals surface area contributed by atoms with Gasteiger partial charge in [-0.1, -0.05) is 18.2 Å². The molecule has 0 radical (unpaired) electrons. The van der Waals surface area contributed by atoms with Crippen molar-refractivity contribution in [1.29, 1.82) is 0 Å². The molecule has 0 saturated heterocycles. The summed E-state index contributed by atoms with van der Waals surface area (Å²) in [6.07, 6.45) is 2.10. The van der Waals surface area contributed by atoms with Gasteiger partial charge in [0.2, 0.25) is 5.91 Å². The van der Waals surface area contributed by atoms with Crippen LogP contribution < -0.4 is 10.6 Å². The zero-order chi connectivity index (χ0) is 18.7. The first-order valence-corrected chi connectivity index (χ1v) is 10.5. The Morgan fingerprint density at radius 3 is 2.42 bits per heavy atom. The molecule has 0 aromatic heterocycles. The van der Waals surface area contributed by atoms with Crippen molar-refractivity contribution >= 4 is 59.4 Å². The van der Waals surface area contributed by atoms with Crippen molar-refractivity contribution < 1.29 is 4.79 Å². The summed E-state index contributed by atoms with van der Waals surface area (Å²) >= 11 is 3.59. The Hall–Kier alpha value is -0.610. The first-order valence-electron chi connectivity index (χ1n) is 8.29. The van der Waals surface area contributed by atoms with E-state index < -0.39 is 0 Å². The Bertz CT molecular complexity index is 553. The Morgan fingerprint density at radius 1 is 1.19 bits per heavy atom. The molecule has 26 heavy (non-hydrogen) atoms. The van der Waals surface area contributed by atoms with E-state index in [0.29, 0.717) is 5.96 Å². The Balaban J connectivity index is 0.00000625. The molecule has 0 aliphatic heterocycles. The minimum absolute atomic E-state index is 0. The van der Waals surface area contributed by atoms with E-state index in [1.807, 2.05) is 18.2 Å². The first-order chi connectivity index (χ1) is 11.8. The van der Waals surface area contributed by atoms with E-state index in [9.17, 15) is 4.79 Å². The maximum Gasteiger partial charge on any atom is 0.243 e. The van der Waals surface area contributed by atoms with Gasteiger partial charge in [0.25, 0.3) is 0 Å². The summed E-state index contributed by atoms with van der Waals surface area (Å²) in [5.41, 5.74) is 0. The molecule has 1 rings (SSSR count). The van der Waals surface area contributed by atoms with E-state index in [4.69, 9.17) is 0 Å². The molecule has 148 valence electrons. The number of likely N-dealkylation sites (N-methyl/N-ethyl adjacent to an activating group) is 1. The van der Waals surface area contributed by atoms with E-state index in [2.05, 4.69) is 47.9 Å². The lowest BCUT2D eigenvalue weighted by Gasteiger charge is -2.24. The van der Waals surface area contributed by atoms with Crippen LogP contribution in [0.3, 0.4) is 0 Å². The first kappa shape index (κ1) is 25.4. The molecule has 1 aromatic rings. The van der Waals surface area contributed by atoms with Crippen LogP contribution in [0.15, 0.2) is 40.2 Å². The van der Waals surface area contributed by atoms with E-state index in [1.54, 1.807) is 42.5 Å². The molecule has 8 heteroatoms. The number of guanidine groups is 1. The fourth-order valence-electron chi connectivity index (χ4n) is 1.69. The largest absolute Gasteiger partial charge is 0.356 e. The normalized spacial score (nSPS) is 11.5. The summed E-state index contributed by atoms with van der Waals surface area (Å²) in [6.45, 7) is 6.06. The molecule has 5 nitrogen and oxygen atoms in total. The number of carbonyl (C=O) groups is 1. The van der Waals surface area contributed by atoms with Crippen molar-refractivity contribution in [3.05, 3.63) is 30.3 Å². The van der Waals surface area contributed by atoms with Crippen molar-refractivity contribution in [2.24, 2.45) is 4.99 Å². The number of nitrogens with zero attached hydrogens (tertiary/aromatic N) is 2. The highest BCUT2D eigenvalue weighted by molar-refractivity contribution is 14.0. The van der Waals surface area contributed by atoms with E-state index in [-0.39, 0.29) is 41.2 Å². The van der Waals surface area contributed by atoms with Gasteiger partial charge in [-0.15, -0.1) is 35.7 Å². The Labute approximate surface area is 183 Å². The topological polar surface area (TPSA) is 56.7 Å². The third-order valence-electron chi connectivity index (χ3n) is 3.51. The average molecular weight is 511 g/mol. The molecular formula is C18H31IN4OS2. The van der Waals surface area contributed by atoms with Gasteiger partial charge < -0.3 is 15.5 Å². The van der Waals surface area contributed by atoms with Crippen molar-refractivity contribution in [3.8, 4) is 0 Å². The summed E-state index contributed by atoms with van der Waals surface area (Å²) < 4.78 is 0.104. The number of thioether (sulfide) groups is 2. The lowest BCUT2D eigenvalue weighted by Crippen LogP contribution is -2.44. The Kier molecular flexibility index (Phi) is 13.2. The second-order valence-electron chi connectivity index (χ2n) is 6.36. The van der Waals surface area contributed by atoms with Crippen LogP contribution in [0.4, 0.5) is 0 Å². The second kappa shape index (κ2) is 13.5. The summed E-state index contributed by atoms with van der Waals surface area (Å²) in [6, 6.07) is 10.3. The van der Waals surface area contributed by atoms with Gasteiger partial charge in [-0.3, -0.25) is 4.79 Å². The van der Waals surface area contributed by atoms with Crippen LogP contribution in [0.1, 0.15) is 13.8 Å². The zero-order valence-electron chi connectivity index (χ0n) is 16.2. The Morgan fingerprint density at radius 2 is 1.85 bits per heavy atom. The van der Waals surface area contributed by atoms with Gasteiger partial charge in [-0.2, -0.15) is 11.8 Å². The van der Waals surface area contributed by atoms with Gasteiger partial charge in [0.05, 0.1) is 0 Å². The minimum Gasteiger partial charge on any atom is -0.356 e. The molecule has 0 atom stereocenters. The van der Waals surface area contributed by atoms with Gasteiger partial charge in [-0.25, -0.2) is 4.99 Å². The van der Waals surface area contributed by atoms with Crippen LogP contribution in [0.5, 0.6) is 0 Å². The average Bonchev–Trinajstić information content (AvgIpc) is 2.60. The molecule has 2 N–H and O–H groups in total. The number of carbonyl (C=O) groups excluding carboxylic acids is 1. The molecular weight excluding hydrogens is 479 g/mol. The molecule has 0 unspecified atom stereocenters. The van der Waals surface area contributed by atoms with E-state index in [0.717, 1.165) is 18.8 Å². The summed E-state index contributed by atoms with van der Waals surface area (Å²) in [5, 5.41) is 6.66. The SMILES string of the molecule is CSC(C)(C)CNC(=NCC(=O)N(C)C)NCCSc1ccccc1.I. The van der Waals surface area contributed by atoms with Crippen molar-refractivity contribution in [2.45, 2.75) is 23.5 Å². The van der Waals surface area contributed by atoms with Gasteiger partial charge in [0.15, 0.2) is 5.96 Å². The fraction of sp³-hybridized carbons (Fsp3) is 0.556. The molecule has 0 aliphatic rings. The highest BCUT2D eigenvalue weighted by atomic mass is 127. The van der Waals surface area contributed by atoms with Gasteiger partial charge in [-0.05, 0) is 32.2 Å². The quantitative estimate of drug-likeness (QED) is 0.176. The van der Waals surface area contributed by atoms with Crippen molar-refractivity contribution in [2.75, 3.05) is 45.7 Å². The standard InChI is InChI=1S/C18H30N4OS2.HI/c1-18(2,24-5)14-21-17(20-13-16(23)22(3)4)19-11-12-25-15-9-7-6-8-10-15;/h6-10H,11-14H2,1-5H3,(H2,19,20,21);1H. The van der Waals surface area contributed by atoms with Crippen LogP contribution in [0.25, 0.3) is 0 Å². The molecule has 0 bridgehead atoms. The minimum atomic E-state index is -0.0103. The molecule has 1 aromatic carbocycles.